The van der Waals surface area contributed by atoms with Gasteiger partial charge in [-0.3, -0.25) is 4.90 Å². The molecule has 2 aliphatic heterocycles. The molecule has 0 bridgehead atoms. The van der Waals surface area contributed by atoms with Crippen LogP contribution in [-0.2, 0) is 0 Å². The van der Waals surface area contributed by atoms with Gasteiger partial charge in [-0.05, 0) is 44.8 Å². The maximum absolute atomic E-state index is 3.46. The van der Waals surface area contributed by atoms with Crippen LogP contribution >= 0.6 is 11.8 Å². The first-order valence-electron chi connectivity index (χ1n) is 6.86. The Hall–Kier alpha value is 0.270. The van der Waals surface area contributed by atoms with Crippen molar-refractivity contribution in [2.24, 2.45) is 5.92 Å². The second-order valence-electron chi connectivity index (χ2n) is 5.31. The number of thioether (sulfide) groups is 1. The van der Waals surface area contributed by atoms with Crippen molar-refractivity contribution < 1.29 is 0 Å². The normalized spacial score (nSPS) is 32.4. The van der Waals surface area contributed by atoms with Crippen molar-refractivity contribution in [2.45, 2.75) is 44.4 Å². The third kappa shape index (κ3) is 3.38. The zero-order valence-corrected chi connectivity index (χ0v) is 11.6. The van der Waals surface area contributed by atoms with Crippen LogP contribution in [0.4, 0.5) is 0 Å². The monoisotopic (exact) mass is 242 g/mol. The van der Waals surface area contributed by atoms with Gasteiger partial charge in [0.05, 0.1) is 0 Å². The Kier molecular flexibility index (Phi) is 4.98. The molecule has 0 amide bonds. The number of hydrogen-bond acceptors (Lipinski definition) is 3. The van der Waals surface area contributed by atoms with E-state index in [9.17, 15) is 0 Å². The molecule has 94 valence electrons. The summed E-state index contributed by atoms with van der Waals surface area (Å²) in [4.78, 5) is 2.74. The highest BCUT2D eigenvalue weighted by atomic mass is 32.2. The molecule has 0 aromatic carbocycles. The zero-order chi connectivity index (χ0) is 11.4. The van der Waals surface area contributed by atoms with Crippen LogP contribution in [0.15, 0.2) is 0 Å². The summed E-state index contributed by atoms with van der Waals surface area (Å²) in [7, 11) is 0. The van der Waals surface area contributed by atoms with Crippen LogP contribution in [0.5, 0.6) is 0 Å². The Bertz CT molecular complexity index is 204. The summed E-state index contributed by atoms with van der Waals surface area (Å²) in [6.07, 6.45) is 4.17. The molecule has 0 saturated carbocycles. The van der Waals surface area contributed by atoms with E-state index in [2.05, 4.69) is 35.8 Å². The number of piperidine rings is 1. The van der Waals surface area contributed by atoms with Gasteiger partial charge in [-0.15, -0.1) is 0 Å². The van der Waals surface area contributed by atoms with Crippen molar-refractivity contribution in [3.8, 4) is 0 Å². The molecule has 0 aromatic heterocycles. The third-order valence-corrected chi connectivity index (χ3v) is 5.39. The predicted octanol–water partition coefficient (Wildman–Crippen LogP) is 2.20. The lowest BCUT2D eigenvalue weighted by Crippen LogP contribution is -2.41. The quantitative estimate of drug-likeness (QED) is 0.814. The van der Waals surface area contributed by atoms with Crippen LogP contribution < -0.4 is 5.32 Å². The Balaban J connectivity index is 1.80. The molecular formula is C13H26N2S. The van der Waals surface area contributed by atoms with E-state index in [1.807, 2.05) is 0 Å². The fraction of sp³-hybridized carbons (Fsp3) is 1.00. The van der Waals surface area contributed by atoms with Crippen LogP contribution in [0.1, 0.15) is 33.1 Å². The van der Waals surface area contributed by atoms with E-state index in [1.54, 1.807) is 0 Å². The molecule has 1 N–H and O–H groups in total. The van der Waals surface area contributed by atoms with E-state index in [-0.39, 0.29) is 0 Å². The molecule has 2 unspecified atom stereocenters. The van der Waals surface area contributed by atoms with E-state index in [4.69, 9.17) is 0 Å². The lowest BCUT2D eigenvalue weighted by Gasteiger charge is -2.33. The van der Waals surface area contributed by atoms with Crippen molar-refractivity contribution >= 4 is 11.8 Å². The van der Waals surface area contributed by atoms with Crippen molar-refractivity contribution in [1.82, 2.24) is 10.2 Å². The summed E-state index contributed by atoms with van der Waals surface area (Å²) >= 11 is 2.16. The zero-order valence-electron chi connectivity index (χ0n) is 10.7. The van der Waals surface area contributed by atoms with E-state index in [1.165, 1.54) is 51.2 Å². The highest BCUT2D eigenvalue weighted by molar-refractivity contribution is 8.00. The number of nitrogens with zero attached hydrogens (tertiary/aromatic N) is 1. The highest BCUT2D eigenvalue weighted by Gasteiger charge is 2.28. The van der Waals surface area contributed by atoms with Crippen LogP contribution in [0.25, 0.3) is 0 Å². The van der Waals surface area contributed by atoms with Crippen molar-refractivity contribution in [3.05, 3.63) is 0 Å². The fourth-order valence-corrected chi connectivity index (χ4v) is 4.24. The molecule has 2 aliphatic rings. The predicted molar refractivity (Wildman–Crippen MR) is 73.2 cm³/mol. The summed E-state index contributed by atoms with van der Waals surface area (Å²) in [5, 5.41) is 4.34. The summed E-state index contributed by atoms with van der Waals surface area (Å²) in [6.45, 7) is 9.76. The van der Waals surface area contributed by atoms with E-state index >= 15 is 0 Å². The first-order valence-corrected chi connectivity index (χ1v) is 7.90. The average molecular weight is 242 g/mol. The summed E-state index contributed by atoms with van der Waals surface area (Å²) in [6, 6.07) is 0.861. The van der Waals surface area contributed by atoms with Crippen LogP contribution in [-0.4, -0.2) is 48.1 Å². The first kappa shape index (κ1) is 12.7. The molecule has 3 heteroatoms. The number of hydrogen-bond donors (Lipinski definition) is 1. The van der Waals surface area contributed by atoms with Gasteiger partial charge in [0.15, 0.2) is 0 Å². The van der Waals surface area contributed by atoms with Gasteiger partial charge < -0.3 is 5.32 Å². The Morgan fingerprint density at radius 1 is 1.31 bits per heavy atom. The van der Waals surface area contributed by atoms with Crippen LogP contribution in [0, 0.1) is 5.92 Å². The molecule has 2 atom stereocenters. The van der Waals surface area contributed by atoms with Gasteiger partial charge in [0.1, 0.15) is 0 Å². The SMILES string of the molecule is CCN(CC1CCNCC1)C1CSC(C)C1. The maximum Gasteiger partial charge on any atom is 0.0196 e. The number of nitrogens with one attached hydrogen (secondary N) is 1. The van der Waals surface area contributed by atoms with Gasteiger partial charge in [-0.1, -0.05) is 13.8 Å². The minimum Gasteiger partial charge on any atom is -0.317 e. The molecule has 0 spiro atoms. The van der Waals surface area contributed by atoms with Crippen LogP contribution in [0.3, 0.4) is 0 Å². The molecular weight excluding hydrogens is 216 g/mol. The molecule has 0 aromatic rings. The second-order valence-corrected chi connectivity index (χ2v) is 6.79. The van der Waals surface area contributed by atoms with Gasteiger partial charge in [-0.2, -0.15) is 11.8 Å². The highest BCUT2D eigenvalue weighted by Crippen LogP contribution is 2.30. The molecule has 2 rings (SSSR count). The molecule has 2 nitrogen and oxygen atoms in total. The topological polar surface area (TPSA) is 15.3 Å². The lowest BCUT2D eigenvalue weighted by molar-refractivity contribution is 0.168. The molecule has 2 saturated heterocycles. The maximum atomic E-state index is 3.46. The molecule has 16 heavy (non-hydrogen) atoms. The van der Waals surface area contributed by atoms with Gasteiger partial charge in [0.2, 0.25) is 0 Å². The lowest BCUT2D eigenvalue weighted by atomic mass is 9.96. The minimum absolute atomic E-state index is 0.861. The summed E-state index contributed by atoms with van der Waals surface area (Å²) in [5.41, 5.74) is 0. The number of rotatable bonds is 4. The van der Waals surface area contributed by atoms with Gasteiger partial charge >= 0.3 is 0 Å². The second kappa shape index (κ2) is 6.27. The molecule has 2 fully saturated rings. The van der Waals surface area contributed by atoms with E-state index in [0.29, 0.717) is 0 Å². The third-order valence-electron chi connectivity index (χ3n) is 4.05. The summed E-state index contributed by atoms with van der Waals surface area (Å²) < 4.78 is 0. The molecule has 2 heterocycles. The summed E-state index contributed by atoms with van der Waals surface area (Å²) in [5.74, 6) is 2.31. The van der Waals surface area contributed by atoms with E-state index < -0.39 is 0 Å². The minimum atomic E-state index is 0.861. The van der Waals surface area contributed by atoms with Gasteiger partial charge in [0, 0.05) is 23.6 Å². The Morgan fingerprint density at radius 2 is 2.06 bits per heavy atom. The van der Waals surface area contributed by atoms with Crippen molar-refractivity contribution in [1.29, 1.82) is 0 Å². The van der Waals surface area contributed by atoms with Crippen LogP contribution in [0.2, 0.25) is 0 Å². The Morgan fingerprint density at radius 3 is 2.62 bits per heavy atom. The first-order chi connectivity index (χ1) is 7.79. The van der Waals surface area contributed by atoms with Crippen molar-refractivity contribution in [2.75, 3.05) is 31.9 Å². The molecule has 0 radical (unpaired) electrons. The standard InChI is InChI=1S/C13H26N2S/c1-3-15(13-8-11(2)16-10-13)9-12-4-6-14-7-5-12/h11-14H,3-10H2,1-2H3. The fourth-order valence-electron chi connectivity index (χ4n) is 2.98. The van der Waals surface area contributed by atoms with Crippen molar-refractivity contribution in [3.63, 3.8) is 0 Å². The average Bonchev–Trinajstić information content (AvgIpc) is 2.74. The Labute approximate surface area is 105 Å². The largest absolute Gasteiger partial charge is 0.317 e. The van der Waals surface area contributed by atoms with E-state index in [0.717, 1.165) is 17.2 Å². The van der Waals surface area contributed by atoms with Gasteiger partial charge in [0.25, 0.3) is 0 Å². The smallest absolute Gasteiger partial charge is 0.0196 e. The molecule has 0 aliphatic carbocycles. The van der Waals surface area contributed by atoms with Gasteiger partial charge in [-0.25, -0.2) is 0 Å².